The smallest absolute Gasteiger partial charge is 0.241 e. The van der Waals surface area contributed by atoms with Gasteiger partial charge in [0.2, 0.25) is 11.7 Å². The molecule has 6 heteroatoms. The molecule has 0 radical (unpaired) electrons. The molecule has 3 rings (SSSR count). The van der Waals surface area contributed by atoms with Gasteiger partial charge in [0, 0.05) is 6.04 Å². The van der Waals surface area contributed by atoms with Crippen molar-refractivity contribution in [2.75, 3.05) is 13.2 Å². The van der Waals surface area contributed by atoms with E-state index in [0.717, 1.165) is 17.8 Å². The molecule has 1 aliphatic rings. The number of rotatable bonds is 4. The van der Waals surface area contributed by atoms with E-state index in [9.17, 15) is 5.11 Å². The van der Waals surface area contributed by atoms with Crippen LogP contribution in [0, 0.1) is 5.92 Å². The molecule has 1 aliphatic heterocycles. The highest BCUT2D eigenvalue weighted by Crippen LogP contribution is 2.26. The molecule has 108 valence electrons. The first kappa shape index (κ1) is 13.7. The van der Waals surface area contributed by atoms with Crippen LogP contribution in [0.15, 0.2) is 22.0 Å². The van der Waals surface area contributed by atoms with Crippen LogP contribution < -0.4 is 0 Å². The lowest BCUT2D eigenvalue weighted by atomic mass is 9.91. The van der Waals surface area contributed by atoms with Crippen LogP contribution in [-0.2, 0) is 6.54 Å². The van der Waals surface area contributed by atoms with Crippen LogP contribution in [0.2, 0.25) is 0 Å². The topological polar surface area (TPSA) is 62.4 Å². The van der Waals surface area contributed by atoms with Gasteiger partial charge in [-0.3, -0.25) is 4.90 Å². The predicted octanol–water partition coefficient (Wildman–Crippen LogP) is 2.39. The minimum absolute atomic E-state index is 0.188. The van der Waals surface area contributed by atoms with Crippen molar-refractivity contribution < 1.29 is 9.63 Å². The molecule has 5 nitrogen and oxygen atoms in total. The summed E-state index contributed by atoms with van der Waals surface area (Å²) in [6.07, 6.45) is 2.33. The molecule has 0 bridgehead atoms. The van der Waals surface area contributed by atoms with Crippen LogP contribution in [0.3, 0.4) is 0 Å². The third-order valence-corrected chi connectivity index (χ3v) is 4.83. The molecule has 2 aromatic heterocycles. The number of aliphatic hydroxyl groups is 1. The van der Waals surface area contributed by atoms with Crippen molar-refractivity contribution in [3.63, 3.8) is 0 Å². The largest absolute Gasteiger partial charge is 0.395 e. The van der Waals surface area contributed by atoms with Crippen LogP contribution in [0.5, 0.6) is 0 Å². The highest BCUT2D eigenvalue weighted by Gasteiger charge is 2.29. The standard InChI is InChI=1S/C14H19N3O2S/c1-10-4-2-6-17(11(10)9-18)8-13-15-14(16-19-13)12-5-3-7-20-12/h3,5,7,10-11,18H,2,4,6,8-9H2,1H3. The van der Waals surface area contributed by atoms with Gasteiger partial charge in [-0.15, -0.1) is 11.3 Å². The van der Waals surface area contributed by atoms with Crippen molar-refractivity contribution >= 4 is 11.3 Å². The Hall–Kier alpha value is -1.24. The van der Waals surface area contributed by atoms with E-state index in [-0.39, 0.29) is 12.6 Å². The minimum atomic E-state index is 0.188. The van der Waals surface area contributed by atoms with Gasteiger partial charge in [-0.2, -0.15) is 4.98 Å². The number of aromatic nitrogens is 2. The van der Waals surface area contributed by atoms with E-state index in [1.807, 2.05) is 17.5 Å². The van der Waals surface area contributed by atoms with E-state index in [0.29, 0.717) is 24.2 Å². The monoisotopic (exact) mass is 293 g/mol. The Morgan fingerprint density at radius 1 is 1.55 bits per heavy atom. The molecule has 0 aromatic carbocycles. The van der Waals surface area contributed by atoms with Crippen LogP contribution in [0.1, 0.15) is 25.7 Å². The Morgan fingerprint density at radius 2 is 2.45 bits per heavy atom. The number of aliphatic hydroxyl groups excluding tert-OH is 1. The maximum atomic E-state index is 9.56. The van der Waals surface area contributed by atoms with Gasteiger partial charge in [0.05, 0.1) is 18.0 Å². The van der Waals surface area contributed by atoms with Crippen LogP contribution >= 0.6 is 11.3 Å². The van der Waals surface area contributed by atoms with E-state index in [2.05, 4.69) is 22.0 Å². The fraction of sp³-hybridized carbons (Fsp3) is 0.571. The molecular weight excluding hydrogens is 274 g/mol. The van der Waals surface area contributed by atoms with Crippen LogP contribution in [0.4, 0.5) is 0 Å². The highest BCUT2D eigenvalue weighted by atomic mass is 32.1. The Balaban J connectivity index is 1.71. The summed E-state index contributed by atoms with van der Waals surface area (Å²) < 4.78 is 5.34. The number of nitrogens with zero attached hydrogens (tertiary/aromatic N) is 3. The van der Waals surface area contributed by atoms with Crippen molar-refractivity contribution in [3.8, 4) is 10.7 Å². The quantitative estimate of drug-likeness (QED) is 0.938. The summed E-state index contributed by atoms with van der Waals surface area (Å²) in [6, 6.07) is 4.16. The molecule has 0 aliphatic carbocycles. The summed E-state index contributed by atoms with van der Waals surface area (Å²) in [5, 5.41) is 15.6. The zero-order chi connectivity index (χ0) is 13.9. The van der Waals surface area contributed by atoms with Gasteiger partial charge in [0.25, 0.3) is 0 Å². The molecule has 2 unspecified atom stereocenters. The van der Waals surface area contributed by atoms with Gasteiger partial charge in [-0.25, -0.2) is 0 Å². The number of hydrogen-bond donors (Lipinski definition) is 1. The van der Waals surface area contributed by atoms with Gasteiger partial charge in [0.1, 0.15) is 0 Å². The minimum Gasteiger partial charge on any atom is -0.395 e. The fourth-order valence-corrected chi connectivity index (χ4v) is 3.47. The molecule has 20 heavy (non-hydrogen) atoms. The second-order valence-corrected chi connectivity index (χ2v) is 6.28. The molecule has 0 spiro atoms. The van der Waals surface area contributed by atoms with Gasteiger partial charge in [-0.1, -0.05) is 18.1 Å². The number of hydrogen-bond acceptors (Lipinski definition) is 6. The molecular formula is C14H19N3O2S. The van der Waals surface area contributed by atoms with Crippen molar-refractivity contribution in [3.05, 3.63) is 23.4 Å². The van der Waals surface area contributed by atoms with E-state index < -0.39 is 0 Å². The average Bonchev–Trinajstić information content (AvgIpc) is 3.09. The van der Waals surface area contributed by atoms with Crippen LogP contribution in [-0.4, -0.2) is 39.3 Å². The summed E-state index contributed by atoms with van der Waals surface area (Å²) in [6.45, 7) is 3.98. The van der Waals surface area contributed by atoms with Crippen LogP contribution in [0.25, 0.3) is 10.7 Å². The third kappa shape index (κ3) is 2.77. The molecule has 1 N–H and O–H groups in total. The molecule has 1 saturated heterocycles. The summed E-state index contributed by atoms with van der Waals surface area (Å²) >= 11 is 1.60. The van der Waals surface area contributed by atoms with Gasteiger partial charge >= 0.3 is 0 Å². The summed E-state index contributed by atoms with van der Waals surface area (Å²) in [5.41, 5.74) is 0. The lowest BCUT2D eigenvalue weighted by molar-refractivity contribution is 0.0400. The van der Waals surface area contributed by atoms with Gasteiger partial charge in [-0.05, 0) is 36.8 Å². The van der Waals surface area contributed by atoms with Crippen molar-refractivity contribution in [2.45, 2.75) is 32.4 Å². The summed E-state index contributed by atoms with van der Waals surface area (Å²) in [5.74, 6) is 1.79. The fourth-order valence-electron chi connectivity index (χ4n) is 2.82. The summed E-state index contributed by atoms with van der Waals surface area (Å²) in [4.78, 5) is 7.72. The lowest BCUT2D eigenvalue weighted by Crippen LogP contribution is -2.46. The Bertz CT molecular complexity index is 540. The van der Waals surface area contributed by atoms with E-state index in [1.165, 1.54) is 6.42 Å². The first-order chi connectivity index (χ1) is 9.78. The van der Waals surface area contributed by atoms with E-state index in [4.69, 9.17) is 4.52 Å². The van der Waals surface area contributed by atoms with Crippen molar-refractivity contribution in [1.29, 1.82) is 0 Å². The maximum Gasteiger partial charge on any atom is 0.241 e. The number of thiophene rings is 1. The SMILES string of the molecule is CC1CCCN(Cc2nc(-c3cccs3)no2)C1CO. The van der Waals surface area contributed by atoms with Crippen molar-refractivity contribution in [2.24, 2.45) is 5.92 Å². The maximum absolute atomic E-state index is 9.56. The van der Waals surface area contributed by atoms with Crippen molar-refractivity contribution in [1.82, 2.24) is 15.0 Å². The Morgan fingerprint density at radius 3 is 3.20 bits per heavy atom. The second-order valence-electron chi connectivity index (χ2n) is 5.33. The summed E-state index contributed by atoms with van der Waals surface area (Å²) in [7, 11) is 0. The number of likely N-dealkylation sites (tertiary alicyclic amines) is 1. The highest BCUT2D eigenvalue weighted by molar-refractivity contribution is 7.13. The zero-order valence-corrected chi connectivity index (χ0v) is 12.3. The Kier molecular flexibility index (Phi) is 4.14. The average molecular weight is 293 g/mol. The molecule has 0 amide bonds. The predicted molar refractivity (Wildman–Crippen MR) is 77.3 cm³/mol. The first-order valence-electron chi connectivity index (χ1n) is 6.99. The van der Waals surface area contributed by atoms with Gasteiger partial charge in [0.15, 0.2) is 0 Å². The molecule has 3 heterocycles. The molecule has 2 atom stereocenters. The normalized spacial score (nSPS) is 24.1. The molecule has 0 saturated carbocycles. The van der Waals surface area contributed by atoms with E-state index in [1.54, 1.807) is 11.3 Å². The Labute approximate surface area is 122 Å². The second kappa shape index (κ2) is 6.03. The lowest BCUT2D eigenvalue weighted by Gasteiger charge is -2.38. The number of piperidine rings is 1. The van der Waals surface area contributed by atoms with Gasteiger partial charge < -0.3 is 9.63 Å². The molecule has 2 aromatic rings. The van der Waals surface area contributed by atoms with E-state index >= 15 is 0 Å². The zero-order valence-electron chi connectivity index (χ0n) is 11.5. The first-order valence-corrected chi connectivity index (χ1v) is 7.87. The third-order valence-electron chi connectivity index (χ3n) is 3.97. The molecule has 1 fully saturated rings.